The van der Waals surface area contributed by atoms with Crippen LogP contribution < -0.4 is 4.90 Å². The SMILES string of the molecule is O=C1[C@@H]2[C@H](C(=O)N1c1ccc(Br)cc1)[C@@H]1C=C[C@@H]2O1. The van der Waals surface area contributed by atoms with Crippen LogP contribution in [0.4, 0.5) is 5.69 Å². The van der Waals surface area contributed by atoms with Crippen LogP contribution in [0, 0.1) is 11.8 Å². The lowest BCUT2D eigenvalue weighted by Gasteiger charge is -2.17. The first-order valence-corrected chi connectivity index (χ1v) is 6.93. The van der Waals surface area contributed by atoms with Crippen molar-refractivity contribution in [2.75, 3.05) is 4.90 Å². The molecule has 5 heteroatoms. The number of carbonyl (C=O) groups excluding carboxylic acids is 2. The maximum absolute atomic E-state index is 12.5. The summed E-state index contributed by atoms with van der Waals surface area (Å²) in [7, 11) is 0. The molecule has 1 aromatic carbocycles. The molecule has 1 aromatic rings. The number of nitrogens with zero attached hydrogens (tertiary/aromatic N) is 1. The van der Waals surface area contributed by atoms with E-state index in [0.717, 1.165) is 4.47 Å². The predicted octanol–water partition coefficient (Wildman–Crippen LogP) is 1.89. The Balaban J connectivity index is 1.74. The van der Waals surface area contributed by atoms with Crippen molar-refractivity contribution in [1.29, 1.82) is 0 Å². The van der Waals surface area contributed by atoms with Gasteiger partial charge < -0.3 is 4.74 Å². The van der Waals surface area contributed by atoms with Crippen molar-refractivity contribution in [3.8, 4) is 0 Å². The summed E-state index contributed by atoms with van der Waals surface area (Å²) >= 11 is 3.34. The summed E-state index contributed by atoms with van der Waals surface area (Å²) in [6, 6.07) is 7.20. The van der Waals surface area contributed by atoms with E-state index in [1.165, 1.54) is 4.90 Å². The van der Waals surface area contributed by atoms with Crippen molar-refractivity contribution in [1.82, 2.24) is 0 Å². The molecule has 4 rings (SSSR count). The van der Waals surface area contributed by atoms with E-state index in [9.17, 15) is 9.59 Å². The number of halogens is 1. The molecule has 3 aliphatic heterocycles. The maximum atomic E-state index is 12.5. The summed E-state index contributed by atoms with van der Waals surface area (Å²) < 4.78 is 6.51. The van der Waals surface area contributed by atoms with Crippen molar-refractivity contribution in [3.63, 3.8) is 0 Å². The Morgan fingerprint density at radius 1 is 0.947 bits per heavy atom. The fraction of sp³-hybridized carbons (Fsp3) is 0.286. The first-order valence-electron chi connectivity index (χ1n) is 6.14. The van der Waals surface area contributed by atoms with Crippen LogP contribution in [-0.4, -0.2) is 24.0 Å². The molecule has 2 fully saturated rings. The molecule has 2 amide bonds. The van der Waals surface area contributed by atoms with Gasteiger partial charge in [-0.3, -0.25) is 9.59 Å². The Morgan fingerprint density at radius 2 is 1.47 bits per heavy atom. The number of hydrogen-bond donors (Lipinski definition) is 0. The second-order valence-electron chi connectivity index (χ2n) is 4.99. The number of ether oxygens (including phenoxy) is 1. The van der Waals surface area contributed by atoms with E-state index in [0.29, 0.717) is 5.69 Å². The zero-order chi connectivity index (χ0) is 13.1. The van der Waals surface area contributed by atoms with Crippen LogP contribution in [0.15, 0.2) is 40.9 Å². The smallest absolute Gasteiger partial charge is 0.240 e. The number of amides is 2. The van der Waals surface area contributed by atoms with E-state index >= 15 is 0 Å². The maximum Gasteiger partial charge on any atom is 0.240 e. The third-order valence-electron chi connectivity index (χ3n) is 4.00. The van der Waals surface area contributed by atoms with Crippen LogP contribution in [0.25, 0.3) is 0 Å². The third kappa shape index (κ3) is 1.42. The molecule has 4 nitrogen and oxygen atoms in total. The zero-order valence-corrected chi connectivity index (χ0v) is 11.4. The van der Waals surface area contributed by atoms with Gasteiger partial charge in [-0.2, -0.15) is 0 Å². The monoisotopic (exact) mass is 319 g/mol. The van der Waals surface area contributed by atoms with Crippen molar-refractivity contribution >= 4 is 33.4 Å². The highest BCUT2D eigenvalue weighted by atomic mass is 79.9. The van der Waals surface area contributed by atoms with Crippen molar-refractivity contribution in [2.24, 2.45) is 11.8 Å². The normalized spacial score (nSPS) is 35.3. The predicted molar refractivity (Wildman–Crippen MR) is 71.4 cm³/mol. The van der Waals surface area contributed by atoms with Gasteiger partial charge in [0.05, 0.1) is 29.7 Å². The van der Waals surface area contributed by atoms with Gasteiger partial charge in [-0.25, -0.2) is 4.90 Å². The number of anilines is 1. The number of imide groups is 1. The van der Waals surface area contributed by atoms with E-state index in [1.54, 1.807) is 12.1 Å². The molecule has 0 radical (unpaired) electrons. The summed E-state index contributed by atoms with van der Waals surface area (Å²) in [6.07, 6.45) is 3.32. The molecule has 19 heavy (non-hydrogen) atoms. The molecule has 3 heterocycles. The van der Waals surface area contributed by atoms with Gasteiger partial charge in [0, 0.05) is 4.47 Å². The topological polar surface area (TPSA) is 46.6 Å². The molecular weight excluding hydrogens is 310 g/mol. The number of carbonyl (C=O) groups is 2. The van der Waals surface area contributed by atoms with Gasteiger partial charge in [0.15, 0.2) is 0 Å². The average molecular weight is 320 g/mol. The minimum Gasteiger partial charge on any atom is -0.365 e. The number of rotatable bonds is 1. The van der Waals surface area contributed by atoms with Crippen LogP contribution in [0.5, 0.6) is 0 Å². The molecule has 2 saturated heterocycles. The second-order valence-corrected chi connectivity index (χ2v) is 5.91. The largest absolute Gasteiger partial charge is 0.365 e. The number of benzene rings is 1. The lowest BCUT2D eigenvalue weighted by molar-refractivity contribution is -0.124. The molecule has 0 unspecified atom stereocenters. The van der Waals surface area contributed by atoms with Gasteiger partial charge >= 0.3 is 0 Å². The van der Waals surface area contributed by atoms with Gasteiger partial charge in [-0.05, 0) is 24.3 Å². The minimum atomic E-state index is -0.342. The molecule has 0 aliphatic carbocycles. The molecule has 0 N–H and O–H groups in total. The van der Waals surface area contributed by atoms with Gasteiger partial charge in [-0.1, -0.05) is 28.1 Å². The molecule has 2 bridgehead atoms. The summed E-state index contributed by atoms with van der Waals surface area (Å²) in [4.78, 5) is 26.2. The van der Waals surface area contributed by atoms with E-state index in [1.807, 2.05) is 24.3 Å². The fourth-order valence-electron chi connectivity index (χ4n) is 3.15. The first kappa shape index (κ1) is 11.4. The highest BCUT2D eigenvalue weighted by molar-refractivity contribution is 9.10. The minimum absolute atomic E-state index is 0.144. The molecule has 4 atom stereocenters. The van der Waals surface area contributed by atoms with E-state index in [-0.39, 0.29) is 35.9 Å². The highest BCUT2D eigenvalue weighted by Crippen LogP contribution is 2.46. The molecular formula is C14H10BrNO3. The van der Waals surface area contributed by atoms with Crippen molar-refractivity contribution in [2.45, 2.75) is 12.2 Å². The first-order chi connectivity index (χ1) is 9.16. The molecule has 0 aromatic heterocycles. The van der Waals surface area contributed by atoms with Crippen LogP contribution in [-0.2, 0) is 14.3 Å². The van der Waals surface area contributed by atoms with E-state index in [4.69, 9.17) is 4.74 Å². The summed E-state index contributed by atoms with van der Waals surface area (Å²) in [5, 5.41) is 0. The lowest BCUT2D eigenvalue weighted by Crippen LogP contribution is -2.34. The Morgan fingerprint density at radius 3 is 2.00 bits per heavy atom. The summed E-state index contributed by atoms with van der Waals surface area (Å²) in [6.45, 7) is 0. The highest BCUT2D eigenvalue weighted by Gasteiger charge is 2.60. The molecule has 0 spiro atoms. The Hall–Kier alpha value is -1.46. The average Bonchev–Trinajstić information content (AvgIpc) is 3.06. The number of fused-ring (bicyclic) bond motifs is 5. The quantitative estimate of drug-likeness (QED) is 0.586. The molecule has 3 aliphatic rings. The van der Waals surface area contributed by atoms with Crippen LogP contribution in [0.1, 0.15) is 0 Å². The Kier molecular flexibility index (Phi) is 2.26. The molecule has 0 saturated carbocycles. The van der Waals surface area contributed by atoms with Gasteiger partial charge in [-0.15, -0.1) is 0 Å². The zero-order valence-electron chi connectivity index (χ0n) is 9.82. The van der Waals surface area contributed by atoms with Crippen molar-refractivity contribution < 1.29 is 14.3 Å². The Labute approximate surface area is 118 Å². The molecule has 96 valence electrons. The number of hydrogen-bond acceptors (Lipinski definition) is 3. The van der Waals surface area contributed by atoms with Crippen LogP contribution >= 0.6 is 15.9 Å². The lowest BCUT2D eigenvalue weighted by atomic mass is 9.85. The van der Waals surface area contributed by atoms with Crippen LogP contribution in [0.3, 0.4) is 0 Å². The van der Waals surface area contributed by atoms with Crippen LogP contribution in [0.2, 0.25) is 0 Å². The van der Waals surface area contributed by atoms with Gasteiger partial charge in [0.25, 0.3) is 0 Å². The Bertz CT molecular complexity index is 580. The summed E-state index contributed by atoms with van der Waals surface area (Å²) in [5.74, 6) is -0.972. The standard InChI is InChI=1S/C14H10BrNO3/c15-7-1-3-8(4-2-7)16-13(17)11-9-5-6-10(19-9)12(11)14(16)18/h1-6,9-12H/t9-,10-,11-,12+/m0/s1. The fourth-order valence-corrected chi connectivity index (χ4v) is 3.41. The summed E-state index contributed by atoms with van der Waals surface area (Å²) in [5.41, 5.74) is 0.631. The third-order valence-corrected chi connectivity index (χ3v) is 4.52. The van der Waals surface area contributed by atoms with Gasteiger partial charge in [0.2, 0.25) is 11.8 Å². The second kappa shape index (κ2) is 3.77. The van der Waals surface area contributed by atoms with E-state index < -0.39 is 0 Å². The van der Waals surface area contributed by atoms with Crippen molar-refractivity contribution in [3.05, 3.63) is 40.9 Å². The van der Waals surface area contributed by atoms with Gasteiger partial charge in [0.1, 0.15) is 0 Å². The van der Waals surface area contributed by atoms with E-state index in [2.05, 4.69) is 15.9 Å².